The molecule has 4 rings (SSSR count). The Labute approximate surface area is 140 Å². The van der Waals surface area contributed by atoms with E-state index in [9.17, 15) is 4.79 Å². The lowest BCUT2D eigenvalue weighted by Crippen LogP contribution is -2.47. The summed E-state index contributed by atoms with van der Waals surface area (Å²) in [6, 6.07) is 2.15. The maximum atomic E-state index is 12.0. The Morgan fingerprint density at radius 2 is 1.46 bits per heavy atom. The van der Waals surface area contributed by atoms with Crippen molar-refractivity contribution in [2.24, 2.45) is 0 Å². The Balaban J connectivity index is 1.36. The number of carbonyl (C=O) groups is 1. The lowest BCUT2D eigenvalue weighted by molar-refractivity contribution is 0.0950. The fourth-order valence-corrected chi connectivity index (χ4v) is 2.66. The van der Waals surface area contributed by atoms with Crippen LogP contribution in [0.3, 0.4) is 0 Å². The number of nitrogens with zero attached hydrogens (tertiary/aromatic N) is 6. The number of piperazine rings is 1. The fourth-order valence-electron chi connectivity index (χ4n) is 2.66. The van der Waals surface area contributed by atoms with E-state index >= 15 is 0 Å². The first-order chi connectivity index (χ1) is 11.8. The Morgan fingerprint density at radius 1 is 0.917 bits per heavy atom. The minimum Gasteiger partial charge on any atom is -0.349 e. The molecule has 2 fully saturated rings. The highest BCUT2D eigenvalue weighted by Gasteiger charge is 2.24. The number of nitrogens with one attached hydrogen (secondary N) is 1. The number of carbonyl (C=O) groups excluding carboxylic acids is 1. The minimum atomic E-state index is -0.0879. The van der Waals surface area contributed by atoms with Crippen LogP contribution in [0.15, 0.2) is 30.9 Å². The van der Waals surface area contributed by atoms with Gasteiger partial charge in [0.1, 0.15) is 0 Å². The van der Waals surface area contributed by atoms with Gasteiger partial charge >= 0.3 is 0 Å². The summed E-state index contributed by atoms with van der Waals surface area (Å²) < 4.78 is 0. The SMILES string of the molecule is O=C(NC1CC1)c1cnc(N2CCN(c3ncccn3)CC2)nc1. The number of hydrogen-bond donors (Lipinski definition) is 1. The van der Waals surface area contributed by atoms with Crippen LogP contribution in [0.5, 0.6) is 0 Å². The van der Waals surface area contributed by atoms with Gasteiger partial charge < -0.3 is 15.1 Å². The third-order valence-electron chi connectivity index (χ3n) is 4.21. The van der Waals surface area contributed by atoms with Crippen LogP contribution >= 0.6 is 0 Å². The molecule has 1 saturated carbocycles. The number of amides is 1. The van der Waals surface area contributed by atoms with Crippen molar-refractivity contribution in [2.45, 2.75) is 18.9 Å². The molecule has 1 aliphatic carbocycles. The standard InChI is InChI=1S/C16H19N7O/c24-14(21-13-2-3-13)12-10-19-16(20-11-12)23-8-6-22(7-9-23)15-17-4-1-5-18-15/h1,4-5,10-11,13H,2-3,6-9H2,(H,21,24). The molecule has 2 aromatic rings. The first-order valence-electron chi connectivity index (χ1n) is 8.19. The molecule has 1 aliphatic heterocycles. The Hall–Kier alpha value is -2.77. The van der Waals surface area contributed by atoms with Crippen molar-refractivity contribution < 1.29 is 4.79 Å². The van der Waals surface area contributed by atoms with Gasteiger partial charge in [-0.05, 0) is 18.9 Å². The van der Waals surface area contributed by atoms with Crippen molar-refractivity contribution >= 4 is 17.8 Å². The fraction of sp³-hybridized carbons (Fsp3) is 0.438. The summed E-state index contributed by atoms with van der Waals surface area (Å²) >= 11 is 0. The maximum Gasteiger partial charge on any atom is 0.254 e. The molecule has 8 heteroatoms. The second-order valence-electron chi connectivity index (χ2n) is 6.04. The Kier molecular flexibility index (Phi) is 3.94. The van der Waals surface area contributed by atoms with Crippen molar-refractivity contribution in [1.82, 2.24) is 25.3 Å². The Bertz CT molecular complexity index is 694. The molecule has 2 aliphatic rings. The normalized spacial score (nSPS) is 17.7. The molecule has 0 unspecified atom stereocenters. The van der Waals surface area contributed by atoms with Crippen LogP contribution in [0.25, 0.3) is 0 Å². The molecular weight excluding hydrogens is 306 g/mol. The molecule has 0 atom stereocenters. The number of hydrogen-bond acceptors (Lipinski definition) is 7. The van der Waals surface area contributed by atoms with Crippen LogP contribution in [0.2, 0.25) is 0 Å². The molecule has 0 spiro atoms. The lowest BCUT2D eigenvalue weighted by atomic mass is 10.3. The van der Waals surface area contributed by atoms with E-state index in [4.69, 9.17) is 0 Å². The van der Waals surface area contributed by atoms with E-state index in [0.717, 1.165) is 45.0 Å². The number of rotatable bonds is 4. The zero-order chi connectivity index (χ0) is 16.4. The molecule has 3 heterocycles. The minimum absolute atomic E-state index is 0.0879. The summed E-state index contributed by atoms with van der Waals surface area (Å²) in [5, 5.41) is 2.94. The van der Waals surface area contributed by atoms with Gasteiger partial charge in [0.15, 0.2) is 0 Å². The highest BCUT2D eigenvalue weighted by molar-refractivity contribution is 5.94. The average molecular weight is 325 g/mol. The highest BCUT2D eigenvalue weighted by atomic mass is 16.1. The van der Waals surface area contributed by atoms with Gasteiger partial charge in [0.25, 0.3) is 5.91 Å². The van der Waals surface area contributed by atoms with Crippen molar-refractivity contribution in [3.63, 3.8) is 0 Å². The third-order valence-corrected chi connectivity index (χ3v) is 4.21. The van der Waals surface area contributed by atoms with Crippen LogP contribution in [0, 0.1) is 0 Å². The second-order valence-corrected chi connectivity index (χ2v) is 6.04. The van der Waals surface area contributed by atoms with Gasteiger partial charge in [-0.3, -0.25) is 4.79 Å². The van der Waals surface area contributed by atoms with Crippen LogP contribution in [-0.4, -0.2) is 58.1 Å². The molecule has 0 aromatic carbocycles. The van der Waals surface area contributed by atoms with E-state index in [1.165, 1.54) is 0 Å². The van der Waals surface area contributed by atoms with E-state index in [-0.39, 0.29) is 5.91 Å². The van der Waals surface area contributed by atoms with Crippen molar-refractivity contribution in [3.8, 4) is 0 Å². The van der Waals surface area contributed by atoms with Crippen molar-refractivity contribution in [1.29, 1.82) is 0 Å². The van der Waals surface area contributed by atoms with Gasteiger partial charge in [0, 0.05) is 57.0 Å². The van der Waals surface area contributed by atoms with Gasteiger partial charge in [-0.1, -0.05) is 0 Å². The summed E-state index contributed by atoms with van der Waals surface area (Å²) in [6.45, 7) is 3.23. The van der Waals surface area contributed by atoms with Gasteiger partial charge in [-0.15, -0.1) is 0 Å². The summed E-state index contributed by atoms with van der Waals surface area (Å²) in [6.07, 6.45) is 8.85. The summed E-state index contributed by atoms with van der Waals surface area (Å²) in [4.78, 5) is 33.5. The molecular formula is C16H19N7O. The largest absolute Gasteiger partial charge is 0.349 e. The number of aromatic nitrogens is 4. The molecule has 2 aromatic heterocycles. The van der Waals surface area contributed by atoms with Crippen LogP contribution < -0.4 is 15.1 Å². The second kappa shape index (κ2) is 6.38. The molecule has 124 valence electrons. The van der Waals surface area contributed by atoms with E-state index < -0.39 is 0 Å². The first kappa shape index (κ1) is 14.8. The average Bonchev–Trinajstić information content (AvgIpc) is 3.47. The van der Waals surface area contributed by atoms with Gasteiger partial charge in [0.05, 0.1) is 5.56 Å². The quantitative estimate of drug-likeness (QED) is 0.875. The molecule has 8 nitrogen and oxygen atoms in total. The third kappa shape index (κ3) is 3.27. The van der Waals surface area contributed by atoms with E-state index in [2.05, 4.69) is 35.1 Å². The highest BCUT2D eigenvalue weighted by Crippen LogP contribution is 2.19. The smallest absolute Gasteiger partial charge is 0.254 e. The number of anilines is 2. The van der Waals surface area contributed by atoms with Gasteiger partial charge in [-0.2, -0.15) is 0 Å². The maximum absolute atomic E-state index is 12.0. The van der Waals surface area contributed by atoms with Crippen molar-refractivity contribution in [2.75, 3.05) is 36.0 Å². The van der Waals surface area contributed by atoms with Gasteiger partial charge in [-0.25, -0.2) is 19.9 Å². The van der Waals surface area contributed by atoms with E-state index in [1.807, 2.05) is 6.07 Å². The van der Waals surface area contributed by atoms with E-state index in [0.29, 0.717) is 17.6 Å². The molecule has 0 radical (unpaired) electrons. The first-order valence-corrected chi connectivity index (χ1v) is 8.19. The zero-order valence-electron chi connectivity index (χ0n) is 13.3. The van der Waals surface area contributed by atoms with Gasteiger partial charge in [0.2, 0.25) is 11.9 Å². The predicted molar refractivity (Wildman–Crippen MR) is 89.0 cm³/mol. The molecule has 24 heavy (non-hydrogen) atoms. The Morgan fingerprint density at radius 3 is 2.00 bits per heavy atom. The molecule has 1 saturated heterocycles. The van der Waals surface area contributed by atoms with E-state index in [1.54, 1.807) is 24.8 Å². The predicted octanol–water partition coefficient (Wildman–Crippen LogP) is 0.485. The molecule has 0 bridgehead atoms. The summed E-state index contributed by atoms with van der Waals surface area (Å²) in [5.74, 6) is 1.33. The topological polar surface area (TPSA) is 87.1 Å². The lowest BCUT2D eigenvalue weighted by Gasteiger charge is -2.34. The molecule has 1 N–H and O–H groups in total. The molecule has 1 amide bonds. The zero-order valence-corrected chi connectivity index (χ0v) is 13.3. The summed E-state index contributed by atoms with van der Waals surface area (Å²) in [7, 11) is 0. The van der Waals surface area contributed by atoms with Crippen LogP contribution in [-0.2, 0) is 0 Å². The van der Waals surface area contributed by atoms with Crippen molar-refractivity contribution in [3.05, 3.63) is 36.4 Å². The monoisotopic (exact) mass is 325 g/mol. The summed E-state index contributed by atoms with van der Waals surface area (Å²) in [5.41, 5.74) is 0.516. The van der Waals surface area contributed by atoms with Crippen LogP contribution in [0.4, 0.5) is 11.9 Å². The van der Waals surface area contributed by atoms with Crippen LogP contribution in [0.1, 0.15) is 23.2 Å².